The monoisotopic (exact) mass is 306 g/mol. The zero-order valence-corrected chi connectivity index (χ0v) is 12.6. The normalized spacial score (nSPS) is 32.4. The van der Waals surface area contributed by atoms with Crippen molar-refractivity contribution in [3.8, 4) is 0 Å². The van der Waals surface area contributed by atoms with Gasteiger partial charge in [-0.2, -0.15) is 0 Å². The van der Waals surface area contributed by atoms with Crippen molar-refractivity contribution in [1.82, 2.24) is 9.96 Å². The van der Waals surface area contributed by atoms with Crippen molar-refractivity contribution in [1.29, 1.82) is 0 Å². The molecule has 0 bridgehead atoms. The topological polar surface area (TPSA) is 55.2 Å². The summed E-state index contributed by atoms with van der Waals surface area (Å²) in [6.07, 6.45) is 4.43. The lowest BCUT2D eigenvalue weighted by atomic mass is 9.82. The Morgan fingerprint density at radius 1 is 1.32 bits per heavy atom. The molecule has 3 aliphatic heterocycles. The van der Waals surface area contributed by atoms with Gasteiger partial charge >= 0.3 is 0 Å². The summed E-state index contributed by atoms with van der Waals surface area (Å²) < 4.78 is 10.9. The summed E-state index contributed by atoms with van der Waals surface area (Å²) in [6, 6.07) is 2.00. The lowest BCUT2D eigenvalue weighted by Gasteiger charge is -2.33. The Labute approximate surface area is 129 Å². The van der Waals surface area contributed by atoms with E-state index in [-0.39, 0.29) is 11.8 Å². The van der Waals surface area contributed by atoms with Crippen molar-refractivity contribution in [2.45, 2.75) is 13.0 Å². The molecule has 3 saturated heterocycles. The number of carbonyl (C=O) groups is 1. The third-order valence-corrected chi connectivity index (χ3v) is 5.02. The fourth-order valence-electron chi connectivity index (χ4n) is 3.92. The number of amides is 1. The number of hydrogen-bond donors (Lipinski definition) is 0. The molecule has 4 rings (SSSR count). The van der Waals surface area contributed by atoms with Gasteiger partial charge < -0.3 is 9.15 Å². The summed E-state index contributed by atoms with van der Waals surface area (Å²) in [5.74, 6) is 0.859. The van der Waals surface area contributed by atoms with Crippen LogP contribution >= 0.6 is 0 Å². The number of nitrogens with zero attached hydrogens (tertiary/aromatic N) is 2. The smallest absolute Gasteiger partial charge is 0.251 e. The first kappa shape index (κ1) is 14.2. The van der Waals surface area contributed by atoms with E-state index in [1.807, 2.05) is 6.07 Å². The van der Waals surface area contributed by atoms with Gasteiger partial charge in [0.05, 0.1) is 44.8 Å². The highest BCUT2D eigenvalue weighted by molar-refractivity contribution is 5.78. The molecule has 1 amide bonds. The molecule has 6 heteroatoms. The second-order valence-electron chi connectivity index (χ2n) is 6.52. The third-order valence-electron chi connectivity index (χ3n) is 5.02. The summed E-state index contributed by atoms with van der Waals surface area (Å²) >= 11 is 0. The van der Waals surface area contributed by atoms with E-state index in [1.54, 1.807) is 17.6 Å². The predicted octanol–water partition coefficient (Wildman–Crippen LogP) is 1.14. The van der Waals surface area contributed by atoms with Crippen LogP contribution in [0.25, 0.3) is 0 Å². The number of fused-ring (bicyclic) bond motifs is 1. The first-order valence-electron chi connectivity index (χ1n) is 8.07. The van der Waals surface area contributed by atoms with Gasteiger partial charge in [0.25, 0.3) is 5.91 Å². The van der Waals surface area contributed by atoms with E-state index in [1.165, 1.54) is 5.56 Å². The van der Waals surface area contributed by atoms with Gasteiger partial charge in [-0.25, -0.2) is 5.06 Å². The second-order valence-corrected chi connectivity index (χ2v) is 6.52. The molecular weight excluding hydrogens is 284 g/mol. The molecule has 0 spiro atoms. The maximum atomic E-state index is 12.7. The Hall–Kier alpha value is -1.37. The van der Waals surface area contributed by atoms with Gasteiger partial charge in [0, 0.05) is 25.2 Å². The summed E-state index contributed by atoms with van der Waals surface area (Å²) in [4.78, 5) is 20.5. The fraction of sp³-hybridized carbons (Fsp3) is 0.688. The minimum atomic E-state index is -0.0637. The van der Waals surface area contributed by atoms with E-state index in [0.717, 1.165) is 32.7 Å². The Morgan fingerprint density at radius 3 is 3.05 bits per heavy atom. The molecule has 3 fully saturated rings. The Kier molecular flexibility index (Phi) is 3.90. The van der Waals surface area contributed by atoms with Crippen molar-refractivity contribution in [3.05, 3.63) is 24.2 Å². The highest BCUT2D eigenvalue weighted by Crippen LogP contribution is 2.36. The molecule has 0 saturated carbocycles. The van der Waals surface area contributed by atoms with E-state index < -0.39 is 0 Å². The van der Waals surface area contributed by atoms with Crippen LogP contribution in [-0.4, -0.2) is 55.3 Å². The van der Waals surface area contributed by atoms with Gasteiger partial charge in [0.1, 0.15) is 0 Å². The molecule has 0 radical (unpaired) electrons. The summed E-state index contributed by atoms with van der Waals surface area (Å²) in [5, 5.41) is 1.55. The zero-order valence-electron chi connectivity index (χ0n) is 12.6. The average Bonchev–Trinajstić information content (AvgIpc) is 3.27. The van der Waals surface area contributed by atoms with Crippen molar-refractivity contribution in [2.75, 3.05) is 39.5 Å². The number of furan rings is 1. The van der Waals surface area contributed by atoms with Crippen LogP contribution < -0.4 is 0 Å². The number of hydroxylamine groups is 2. The Bertz CT molecular complexity index is 512. The Morgan fingerprint density at radius 2 is 2.27 bits per heavy atom. The molecule has 3 atom stereocenters. The number of carbonyl (C=O) groups excluding carboxylic acids is 1. The first-order valence-corrected chi connectivity index (χ1v) is 8.07. The standard InChI is InChI=1S/C16H22N2O4/c19-16(18-3-1-4-22-18)15-11-21-10-13-7-17(8-14(13)15)6-12-2-5-20-9-12/h2,5,9,13-15H,1,3-4,6-8,10-11H2/t13-,14-,15+/m0/s1. The van der Waals surface area contributed by atoms with Crippen LogP contribution in [-0.2, 0) is 20.9 Å². The van der Waals surface area contributed by atoms with Crippen LogP contribution in [0.4, 0.5) is 0 Å². The maximum absolute atomic E-state index is 12.7. The van der Waals surface area contributed by atoms with Crippen LogP contribution in [0.1, 0.15) is 12.0 Å². The molecule has 0 N–H and O–H groups in total. The van der Waals surface area contributed by atoms with E-state index in [9.17, 15) is 4.79 Å². The van der Waals surface area contributed by atoms with Crippen molar-refractivity contribution in [3.63, 3.8) is 0 Å². The first-order chi connectivity index (χ1) is 10.8. The molecule has 0 aliphatic carbocycles. The maximum Gasteiger partial charge on any atom is 0.251 e. The van der Waals surface area contributed by atoms with E-state index in [4.69, 9.17) is 14.0 Å². The number of likely N-dealkylation sites (tertiary alicyclic amines) is 1. The lowest BCUT2D eigenvalue weighted by molar-refractivity contribution is -0.181. The van der Waals surface area contributed by atoms with Gasteiger partial charge in [0.15, 0.2) is 0 Å². The van der Waals surface area contributed by atoms with Gasteiger partial charge in [0.2, 0.25) is 0 Å². The van der Waals surface area contributed by atoms with Gasteiger partial charge in [-0.15, -0.1) is 0 Å². The largest absolute Gasteiger partial charge is 0.472 e. The van der Waals surface area contributed by atoms with Crippen LogP contribution in [0.2, 0.25) is 0 Å². The van der Waals surface area contributed by atoms with Crippen LogP contribution in [0.15, 0.2) is 23.0 Å². The van der Waals surface area contributed by atoms with Crippen molar-refractivity contribution in [2.24, 2.45) is 17.8 Å². The molecule has 4 heterocycles. The molecule has 1 aromatic rings. The third kappa shape index (κ3) is 2.66. The summed E-state index contributed by atoms with van der Waals surface area (Å²) in [5.41, 5.74) is 1.19. The fourth-order valence-corrected chi connectivity index (χ4v) is 3.92. The molecule has 0 unspecified atom stereocenters. The highest BCUT2D eigenvalue weighted by atomic mass is 16.7. The SMILES string of the molecule is O=C([C@@H]1COC[C@@H]2CN(Cc3ccoc3)C[C@@H]21)N1CCCO1. The number of ether oxygens (including phenoxy) is 1. The zero-order chi connectivity index (χ0) is 14.9. The van der Waals surface area contributed by atoms with Crippen LogP contribution in [0.5, 0.6) is 0 Å². The predicted molar refractivity (Wildman–Crippen MR) is 77.6 cm³/mol. The average molecular weight is 306 g/mol. The Balaban J connectivity index is 1.43. The summed E-state index contributed by atoms with van der Waals surface area (Å²) in [6.45, 7) is 5.47. The molecule has 22 heavy (non-hydrogen) atoms. The van der Waals surface area contributed by atoms with Crippen molar-refractivity contribution < 1.29 is 18.8 Å². The lowest BCUT2D eigenvalue weighted by Crippen LogP contribution is -2.45. The molecule has 1 aromatic heterocycles. The van der Waals surface area contributed by atoms with E-state index in [2.05, 4.69) is 4.90 Å². The van der Waals surface area contributed by atoms with Gasteiger partial charge in [-0.1, -0.05) is 0 Å². The van der Waals surface area contributed by atoms with E-state index in [0.29, 0.717) is 31.6 Å². The molecule has 120 valence electrons. The summed E-state index contributed by atoms with van der Waals surface area (Å²) in [7, 11) is 0. The van der Waals surface area contributed by atoms with Crippen molar-refractivity contribution >= 4 is 5.91 Å². The molecule has 3 aliphatic rings. The molecule has 6 nitrogen and oxygen atoms in total. The van der Waals surface area contributed by atoms with Gasteiger partial charge in [-0.05, 0) is 24.3 Å². The number of rotatable bonds is 3. The highest BCUT2D eigenvalue weighted by Gasteiger charge is 2.45. The minimum absolute atomic E-state index is 0.0637. The van der Waals surface area contributed by atoms with Crippen LogP contribution in [0.3, 0.4) is 0 Å². The van der Waals surface area contributed by atoms with Gasteiger partial charge in [-0.3, -0.25) is 14.5 Å². The minimum Gasteiger partial charge on any atom is -0.472 e. The molecular formula is C16H22N2O4. The second kappa shape index (κ2) is 6.02. The number of hydrogen-bond acceptors (Lipinski definition) is 5. The molecule has 0 aromatic carbocycles. The van der Waals surface area contributed by atoms with Crippen LogP contribution in [0, 0.1) is 17.8 Å². The van der Waals surface area contributed by atoms with E-state index >= 15 is 0 Å². The quantitative estimate of drug-likeness (QED) is 0.838.